The van der Waals surface area contributed by atoms with Crippen molar-refractivity contribution >= 4 is 28.8 Å². The number of hydrogen-bond acceptors (Lipinski definition) is 4. The summed E-state index contributed by atoms with van der Waals surface area (Å²) < 4.78 is 11.9. The van der Waals surface area contributed by atoms with Crippen molar-refractivity contribution in [2.75, 3.05) is 7.11 Å². The van der Waals surface area contributed by atoms with Crippen molar-refractivity contribution in [3.05, 3.63) is 81.0 Å². The Morgan fingerprint density at radius 1 is 1.08 bits per heavy atom. The van der Waals surface area contributed by atoms with Gasteiger partial charge in [0.2, 0.25) is 0 Å². The van der Waals surface area contributed by atoms with E-state index >= 15 is 0 Å². The van der Waals surface area contributed by atoms with Crippen molar-refractivity contribution in [1.82, 2.24) is 5.32 Å². The molecule has 1 amide bonds. The van der Waals surface area contributed by atoms with Gasteiger partial charge in [-0.05, 0) is 35.9 Å². The van der Waals surface area contributed by atoms with E-state index in [9.17, 15) is 4.79 Å². The van der Waals surface area contributed by atoms with E-state index in [0.717, 1.165) is 10.4 Å². The summed E-state index contributed by atoms with van der Waals surface area (Å²) in [4.78, 5) is 13.3. The molecule has 1 heterocycles. The van der Waals surface area contributed by atoms with Crippen LogP contribution in [0.15, 0.2) is 60.7 Å². The molecule has 3 rings (SSSR count). The van der Waals surface area contributed by atoms with E-state index in [2.05, 4.69) is 5.32 Å². The summed E-state index contributed by atoms with van der Waals surface area (Å²) in [5.41, 5.74) is 1.57. The monoisotopic (exact) mass is 387 g/mol. The van der Waals surface area contributed by atoms with Crippen LogP contribution >= 0.6 is 22.9 Å². The van der Waals surface area contributed by atoms with Crippen molar-refractivity contribution < 1.29 is 14.3 Å². The zero-order valence-electron chi connectivity index (χ0n) is 14.2. The lowest BCUT2D eigenvalue weighted by Gasteiger charge is -2.12. The lowest BCUT2D eigenvalue weighted by molar-refractivity contribution is 0.0951. The van der Waals surface area contributed by atoms with Crippen molar-refractivity contribution in [1.29, 1.82) is 0 Å². The van der Waals surface area contributed by atoms with Gasteiger partial charge in [-0.1, -0.05) is 41.9 Å². The number of methoxy groups -OCH3 is 1. The topological polar surface area (TPSA) is 47.6 Å². The molecule has 1 aromatic heterocycles. The van der Waals surface area contributed by atoms with E-state index in [0.29, 0.717) is 34.6 Å². The number of rotatable bonds is 7. The average molecular weight is 388 g/mol. The van der Waals surface area contributed by atoms with Crippen LogP contribution in [0.2, 0.25) is 4.34 Å². The second-order valence-electron chi connectivity index (χ2n) is 5.53. The van der Waals surface area contributed by atoms with Crippen LogP contribution in [-0.2, 0) is 13.2 Å². The summed E-state index contributed by atoms with van der Waals surface area (Å²) >= 11 is 7.34. The molecule has 2 aromatic carbocycles. The fraction of sp³-hybridized carbons (Fsp3) is 0.150. The highest BCUT2D eigenvalue weighted by molar-refractivity contribution is 7.16. The molecular formula is C20H18ClNO3S. The molecule has 0 aliphatic heterocycles. The second kappa shape index (κ2) is 8.74. The molecule has 0 bridgehead atoms. The average Bonchev–Trinajstić information content (AvgIpc) is 3.10. The Morgan fingerprint density at radius 3 is 2.58 bits per heavy atom. The normalized spacial score (nSPS) is 10.4. The minimum atomic E-state index is -0.178. The lowest BCUT2D eigenvalue weighted by Crippen LogP contribution is -2.22. The molecule has 0 saturated carbocycles. The highest BCUT2D eigenvalue weighted by Gasteiger charge is 2.12. The van der Waals surface area contributed by atoms with Crippen LogP contribution in [0.1, 0.15) is 20.8 Å². The largest absolute Gasteiger partial charge is 0.493 e. The molecule has 0 spiro atoms. The Balaban J connectivity index is 1.64. The summed E-state index contributed by atoms with van der Waals surface area (Å²) in [6.07, 6.45) is 0. The van der Waals surface area contributed by atoms with Crippen LogP contribution in [-0.4, -0.2) is 13.0 Å². The molecule has 0 saturated heterocycles. The Labute approximate surface area is 161 Å². The Hall–Kier alpha value is -2.50. The first kappa shape index (κ1) is 18.3. The molecule has 26 heavy (non-hydrogen) atoms. The first-order chi connectivity index (χ1) is 12.7. The molecule has 0 fully saturated rings. The molecule has 0 unspecified atom stereocenters. The number of hydrogen-bond donors (Lipinski definition) is 1. The van der Waals surface area contributed by atoms with Crippen molar-refractivity contribution in [2.24, 2.45) is 0 Å². The summed E-state index contributed by atoms with van der Waals surface area (Å²) in [6, 6.07) is 18.7. The first-order valence-corrected chi connectivity index (χ1v) is 9.22. The quantitative estimate of drug-likeness (QED) is 0.626. The molecule has 4 nitrogen and oxygen atoms in total. The van der Waals surface area contributed by atoms with Crippen LogP contribution in [0.25, 0.3) is 0 Å². The number of ether oxygens (including phenoxy) is 2. The number of benzene rings is 2. The highest BCUT2D eigenvalue weighted by atomic mass is 35.5. The number of nitrogens with one attached hydrogen (secondary N) is 1. The van der Waals surface area contributed by atoms with Crippen LogP contribution in [0, 0.1) is 0 Å². The molecule has 0 aliphatic carbocycles. The summed E-state index contributed by atoms with van der Waals surface area (Å²) in [6.45, 7) is 0.868. The predicted octanol–water partition coefficient (Wildman–Crippen LogP) is 4.92. The minimum absolute atomic E-state index is 0.178. The third-order valence-corrected chi connectivity index (χ3v) is 4.95. The van der Waals surface area contributed by atoms with Gasteiger partial charge in [0.1, 0.15) is 6.61 Å². The van der Waals surface area contributed by atoms with Crippen LogP contribution in [0.5, 0.6) is 11.5 Å². The number of amides is 1. The number of halogens is 1. The summed E-state index contributed by atoms with van der Waals surface area (Å²) in [5, 5.41) is 2.87. The van der Waals surface area contributed by atoms with Crippen molar-refractivity contribution in [2.45, 2.75) is 13.2 Å². The first-order valence-electron chi connectivity index (χ1n) is 8.03. The maximum Gasteiger partial charge on any atom is 0.251 e. The maximum absolute atomic E-state index is 12.3. The van der Waals surface area contributed by atoms with E-state index in [1.54, 1.807) is 25.3 Å². The summed E-state index contributed by atoms with van der Waals surface area (Å²) in [5.74, 6) is 0.938. The molecule has 0 radical (unpaired) electrons. The SMILES string of the molecule is COc1cc(C(=O)NCc2ccc(Cl)s2)ccc1OCc1ccccc1. The third kappa shape index (κ3) is 4.77. The Kier molecular flexibility index (Phi) is 6.15. The van der Waals surface area contributed by atoms with E-state index in [4.69, 9.17) is 21.1 Å². The van der Waals surface area contributed by atoms with Gasteiger partial charge in [-0.2, -0.15) is 0 Å². The lowest BCUT2D eigenvalue weighted by atomic mass is 10.2. The molecule has 3 aromatic rings. The standard InChI is InChI=1S/C20H18ClNO3S/c1-24-18-11-15(20(23)22-12-16-8-10-19(21)26-16)7-9-17(18)25-13-14-5-3-2-4-6-14/h2-11H,12-13H2,1H3,(H,22,23). The minimum Gasteiger partial charge on any atom is -0.493 e. The fourth-order valence-corrected chi connectivity index (χ4v) is 3.41. The molecule has 134 valence electrons. The molecule has 0 aliphatic rings. The van der Waals surface area contributed by atoms with E-state index in [-0.39, 0.29) is 5.91 Å². The van der Waals surface area contributed by atoms with Crippen LogP contribution in [0.4, 0.5) is 0 Å². The van der Waals surface area contributed by atoms with Gasteiger partial charge >= 0.3 is 0 Å². The molecule has 1 N–H and O–H groups in total. The second-order valence-corrected chi connectivity index (χ2v) is 7.33. The van der Waals surface area contributed by atoms with Gasteiger partial charge < -0.3 is 14.8 Å². The van der Waals surface area contributed by atoms with E-state index < -0.39 is 0 Å². The zero-order chi connectivity index (χ0) is 18.4. The Morgan fingerprint density at radius 2 is 1.88 bits per heavy atom. The van der Waals surface area contributed by atoms with Crippen LogP contribution in [0.3, 0.4) is 0 Å². The molecular weight excluding hydrogens is 370 g/mol. The number of carbonyl (C=O) groups is 1. The van der Waals surface area contributed by atoms with Crippen LogP contribution < -0.4 is 14.8 Å². The Bertz CT molecular complexity index is 880. The van der Waals surface area contributed by atoms with Gasteiger partial charge in [0.05, 0.1) is 18.0 Å². The smallest absolute Gasteiger partial charge is 0.251 e. The van der Waals surface area contributed by atoms with Gasteiger partial charge in [0.15, 0.2) is 11.5 Å². The van der Waals surface area contributed by atoms with Crippen molar-refractivity contribution in [3.63, 3.8) is 0 Å². The maximum atomic E-state index is 12.3. The van der Waals surface area contributed by atoms with Gasteiger partial charge in [0.25, 0.3) is 5.91 Å². The molecule has 6 heteroatoms. The highest BCUT2D eigenvalue weighted by Crippen LogP contribution is 2.29. The van der Waals surface area contributed by atoms with Crippen molar-refractivity contribution in [3.8, 4) is 11.5 Å². The van der Waals surface area contributed by atoms with Gasteiger partial charge in [-0.25, -0.2) is 0 Å². The number of carbonyl (C=O) groups excluding carboxylic acids is 1. The number of thiophene rings is 1. The zero-order valence-corrected chi connectivity index (χ0v) is 15.8. The summed E-state index contributed by atoms with van der Waals surface area (Å²) in [7, 11) is 1.56. The van der Waals surface area contributed by atoms with Gasteiger partial charge in [0, 0.05) is 10.4 Å². The third-order valence-electron chi connectivity index (χ3n) is 3.72. The van der Waals surface area contributed by atoms with Gasteiger partial charge in [-0.15, -0.1) is 11.3 Å². The van der Waals surface area contributed by atoms with E-state index in [1.165, 1.54) is 11.3 Å². The fourth-order valence-electron chi connectivity index (χ4n) is 2.38. The van der Waals surface area contributed by atoms with Gasteiger partial charge in [-0.3, -0.25) is 4.79 Å². The molecule has 0 atom stereocenters. The van der Waals surface area contributed by atoms with E-state index in [1.807, 2.05) is 42.5 Å². The predicted molar refractivity (Wildman–Crippen MR) is 104 cm³/mol.